The Morgan fingerprint density at radius 1 is 1.11 bits per heavy atom. The second-order valence-electron chi connectivity index (χ2n) is 13.6. The van der Waals surface area contributed by atoms with E-state index in [4.69, 9.17) is 4.98 Å². The summed E-state index contributed by atoms with van der Waals surface area (Å²) in [6.45, 7) is 16.5. The molecule has 0 bridgehead atoms. The molecule has 2 aliphatic heterocycles. The normalized spacial score (nSPS) is 17.6. The lowest BCUT2D eigenvalue weighted by molar-refractivity contribution is -0.135. The molecule has 0 unspecified atom stereocenters. The molecule has 1 aromatic carbocycles. The van der Waals surface area contributed by atoms with Crippen LogP contribution in [0.5, 0.6) is 0 Å². The Morgan fingerprint density at radius 3 is 2.52 bits per heavy atom. The SMILES string of the molecule is C/C=C\C1=C(C)CCN(C2CCN(C(=O)[C@H](CC(C)C)NC(=O)c3ccc4c(c3)nc(Cc3cccs3)n4C(CC)CC)CC2)C1. The largest absolute Gasteiger partial charge is 0.341 e. The van der Waals surface area contributed by atoms with Crippen LogP contribution in [0.3, 0.4) is 0 Å². The number of allylic oxidation sites excluding steroid dienone is 1. The molecular formula is C38H53N5O2S. The quantitative estimate of drug-likeness (QED) is 0.219. The van der Waals surface area contributed by atoms with Gasteiger partial charge in [0.25, 0.3) is 5.91 Å². The number of carbonyl (C=O) groups is 2. The van der Waals surface area contributed by atoms with Gasteiger partial charge in [-0.25, -0.2) is 4.98 Å². The van der Waals surface area contributed by atoms with Gasteiger partial charge < -0.3 is 14.8 Å². The van der Waals surface area contributed by atoms with Gasteiger partial charge in [0.1, 0.15) is 11.9 Å². The molecule has 0 spiro atoms. The summed E-state index contributed by atoms with van der Waals surface area (Å²) in [5, 5.41) is 5.25. The summed E-state index contributed by atoms with van der Waals surface area (Å²) in [5.41, 5.74) is 5.37. The fraction of sp³-hybridized carbons (Fsp3) is 0.553. The fourth-order valence-corrected chi connectivity index (χ4v) is 7.97. The minimum absolute atomic E-state index is 0.0433. The number of hydrogen-bond donors (Lipinski definition) is 1. The third-order valence-electron chi connectivity index (χ3n) is 9.91. The van der Waals surface area contributed by atoms with Gasteiger partial charge in [-0.05, 0) is 93.5 Å². The molecule has 8 heteroatoms. The van der Waals surface area contributed by atoms with Crippen LogP contribution >= 0.6 is 11.3 Å². The standard InChI is InChI=1S/C38H53N5O2S/c1-7-11-29-25-42(18-15-27(29)6)31-16-19-41(20-17-31)38(45)34(22-26(4)5)40-37(44)28-13-14-35-33(23-28)39-36(24-32-12-10-21-46-32)43(35)30(8-2)9-3/h7,10-14,21,23,26,30-31,34H,8-9,15-20,22,24-25H2,1-6H3,(H,40,44)/b11-7-/t34-/m0/s1. The van der Waals surface area contributed by atoms with Gasteiger partial charge in [-0.2, -0.15) is 0 Å². The van der Waals surface area contributed by atoms with Crippen molar-refractivity contribution in [2.45, 2.75) is 105 Å². The van der Waals surface area contributed by atoms with Crippen molar-refractivity contribution >= 4 is 34.2 Å². The van der Waals surface area contributed by atoms with Crippen LogP contribution in [-0.4, -0.2) is 69.4 Å². The van der Waals surface area contributed by atoms with Gasteiger partial charge in [0.05, 0.1) is 11.0 Å². The number of fused-ring (bicyclic) bond motifs is 1. The van der Waals surface area contributed by atoms with E-state index in [-0.39, 0.29) is 17.7 Å². The highest BCUT2D eigenvalue weighted by Crippen LogP contribution is 2.29. The monoisotopic (exact) mass is 643 g/mol. The molecule has 3 aromatic rings. The topological polar surface area (TPSA) is 70.5 Å². The maximum Gasteiger partial charge on any atom is 0.252 e. The molecule has 4 heterocycles. The van der Waals surface area contributed by atoms with Crippen LogP contribution in [-0.2, 0) is 11.2 Å². The molecular weight excluding hydrogens is 591 g/mol. The predicted octanol–water partition coefficient (Wildman–Crippen LogP) is 7.78. The molecule has 0 radical (unpaired) electrons. The third kappa shape index (κ3) is 7.83. The molecule has 1 N–H and O–H groups in total. The molecule has 248 valence electrons. The Morgan fingerprint density at radius 2 is 1.87 bits per heavy atom. The molecule has 2 aromatic heterocycles. The average Bonchev–Trinajstić information content (AvgIpc) is 3.70. The van der Waals surface area contributed by atoms with E-state index >= 15 is 0 Å². The van der Waals surface area contributed by atoms with Gasteiger partial charge in [-0.3, -0.25) is 14.5 Å². The van der Waals surface area contributed by atoms with Crippen LogP contribution in [0.1, 0.15) is 107 Å². The number of thiophene rings is 1. The van der Waals surface area contributed by atoms with E-state index < -0.39 is 6.04 Å². The first kappa shape index (κ1) is 34.1. The molecule has 7 nitrogen and oxygen atoms in total. The van der Waals surface area contributed by atoms with Crippen molar-refractivity contribution in [3.8, 4) is 0 Å². The molecule has 46 heavy (non-hydrogen) atoms. The first-order valence-electron chi connectivity index (χ1n) is 17.4. The molecule has 1 fully saturated rings. The number of aromatic nitrogens is 2. The lowest BCUT2D eigenvalue weighted by atomic mass is 9.95. The summed E-state index contributed by atoms with van der Waals surface area (Å²) >= 11 is 1.75. The number of likely N-dealkylation sites (tertiary alicyclic amines) is 1. The highest BCUT2D eigenvalue weighted by atomic mass is 32.1. The number of piperidine rings is 1. The van der Waals surface area contributed by atoms with Crippen LogP contribution in [0.2, 0.25) is 0 Å². The Bertz CT molecular complexity index is 1540. The molecule has 1 atom stereocenters. The smallest absolute Gasteiger partial charge is 0.252 e. The Balaban J connectivity index is 1.28. The average molecular weight is 644 g/mol. The van der Waals surface area contributed by atoms with Crippen LogP contribution in [0.25, 0.3) is 11.0 Å². The van der Waals surface area contributed by atoms with Gasteiger partial charge in [0.2, 0.25) is 5.91 Å². The Labute approximate surface area is 279 Å². The van der Waals surface area contributed by atoms with Crippen molar-refractivity contribution in [3.05, 3.63) is 75.3 Å². The maximum atomic E-state index is 13.9. The summed E-state index contributed by atoms with van der Waals surface area (Å²) in [6, 6.07) is 10.4. The van der Waals surface area contributed by atoms with E-state index in [1.165, 1.54) is 16.0 Å². The highest BCUT2D eigenvalue weighted by molar-refractivity contribution is 7.09. The Kier molecular flexibility index (Phi) is 11.5. The van der Waals surface area contributed by atoms with Gasteiger partial charge in [-0.1, -0.05) is 51.5 Å². The van der Waals surface area contributed by atoms with Crippen LogP contribution in [0.4, 0.5) is 0 Å². The van der Waals surface area contributed by atoms with Crippen molar-refractivity contribution in [2.24, 2.45) is 5.92 Å². The van der Waals surface area contributed by atoms with Crippen LogP contribution in [0.15, 0.2) is 59.0 Å². The first-order valence-corrected chi connectivity index (χ1v) is 18.3. The summed E-state index contributed by atoms with van der Waals surface area (Å²) in [6.07, 6.45) is 10.9. The lowest BCUT2D eigenvalue weighted by Crippen LogP contribution is -2.54. The number of hydrogen-bond acceptors (Lipinski definition) is 5. The minimum Gasteiger partial charge on any atom is -0.341 e. The summed E-state index contributed by atoms with van der Waals surface area (Å²) in [4.78, 5) is 38.5. The van der Waals surface area contributed by atoms with Crippen molar-refractivity contribution in [1.82, 2.24) is 24.7 Å². The number of amides is 2. The summed E-state index contributed by atoms with van der Waals surface area (Å²) in [7, 11) is 0. The van der Waals surface area contributed by atoms with E-state index in [0.29, 0.717) is 24.1 Å². The van der Waals surface area contributed by atoms with Crippen molar-refractivity contribution in [1.29, 1.82) is 0 Å². The third-order valence-corrected chi connectivity index (χ3v) is 10.8. The van der Waals surface area contributed by atoms with E-state index in [2.05, 4.69) is 86.0 Å². The van der Waals surface area contributed by atoms with Gasteiger partial charge in [0.15, 0.2) is 0 Å². The molecule has 0 saturated carbocycles. The lowest BCUT2D eigenvalue weighted by Gasteiger charge is -2.41. The number of imidazole rings is 1. The number of rotatable bonds is 12. The van der Waals surface area contributed by atoms with E-state index in [0.717, 1.165) is 81.6 Å². The van der Waals surface area contributed by atoms with Gasteiger partial charge >= 0.3 is 0 Å². The second kappa shape index (κ2) is 15.6. The van der Waals surface area contributed by atoms with E-state index in [1.54, 1.807) is 11.3 Å². The van der Waals surface area contributed by atoms with E-state index in [1.807, 2.05) is 23.1 Å². The number of benzene rings is 1. The maximum absolute atomic E-state index is 13.9. The number of nitrogens with one attached hydrogen (secondary N) is 1. The highest BCUT2D eigenvalue weighted by Gasteiger charge is 2.33. The summed E-state index contributed by atoms with van der Waals surface area (Å²) in [5.74, 6) is 1.15. The van der Waals surface area contributed by atoms with Crippen LogP contribution < -0.4 is 5.32 Å². The zero-order chi connectivity index (χ0) is 32.8. The zero-order valence-electron chi connectivity index (χ0n) is 28.7. The minimum atomic E-state index is -0.543. The molecule has 2 aliphatic rings. The Hall–Kier alpha value is -3.23. The van der Waals surface area contributed by atoms with Gasteiger partial charge in [-0.15, -0.1) is 11.3 Å². The van der Waals surface area contributed by atoms with E-state index in [9.17, 15) is 9.59 Å². The predicted molar refractivity (Wildman–Crippen MR) is 190 cm³/mol. The first-order chi connectivity index (χ1) is 22.2. The number of carbonyl (C=O) groups excluding carboxylic acids is 2. The molecule has 2 amide bonds. The summed E-state index contributed by atoms with van der Waals surface area (Å²) < 4.78 is 2.37. The van der Waals surface area contributed by atoms with Crippen molar-refractivity contribution < 1.29 is 9.59 Å². The molecule has 1 saturated heterocycles. The van der Waals surface area contributed by atoms with Crippen molar-refractivity contribution in [3.63, 3.8) is 0 Å². The van der Waals surface area contributed by atoms with Crippen LogP contribution in [0, 0.1) is 5.92 Å². The van der Waals surface area contributed by atoms with Crippen molar-refractivity contribution in [2.75, 3.05) is 26.2 Å². The fourth-order valence-electron chi connectivity index (χ4n) is 7.26. The van der Waals surface area contributed by atoms with Gasteiger partial charge in [0, 0.05) is 55.1 Å². The second-order valence-corrected chi connectivity index (χ2v) is 14.6. The molecule has 5 rings (SSSR count). The number of nitrogens with zero attached hydrogens (tertiary/aromatic N) is 4. The zero-order valence-corrected chi connectivity index (χ0v) is 29.5. The molecule has 0 aliphatic carbocycles.